The molecular weight excluding hydrogens is 338 g/mol. The predicted molar refractivity (Wildman–Crippen MR) is 106 cm³/mol. The fraction of sp³-hybridized carbons (Fsp3) is 0.304. The van der Waals surface area contributed by atoms with Crippen molar-refractivity contribution in [3.05, 3.63) is 66.2 Å². The minimum absolute atomic E-state index is 0.347. The highest BCUT2D eigenvalue weighted by Gasteiger charge is 2.18. The molecule has 1 unspecified atom stereocenters. The van der Waals surface area contributed by atoms with Gasteiger partial charge in [0.1, 0.15) is 5.75 Å². The average molecular weight is 363 g/mol. The van der Waals surface area contributed by atoms with Crippen molar-refractivity contribution in [3.63, 3.8) is 0 Å². The third-order valence-electron chi connectivity index (χ3n) is 4.10. The molecule has 27 heavy (non-hydrogen) atoms. The van der Waals surface area contributed by atoms with E-state index in [4.69, 9.17) is 14.7 Å². The number of nitriles is 1. The SMILES string of the molecule is C=C(C)C(=O)OC(CCCCC)Oc1ccccc1-c1ccc(C#N)cc1. The van der Waals surface area contributed by atoms with Crippen LogP contribution in [-0.2, 0) is 9.53 Å². The molecule has 1 atom stereocenters. The minimum Gasteiger partial charge on any atom is -0.454 e. The lowest BCUT2D eigenvalue weighted by molar-refractivity contribution is -0.159. The summed E-state index contributed by atoms with van der Waals surface area (Å²) in [4.78, 5) is 12.0. The lowest BCUT2D eigenvalue weighted by Crippen LogP contribution is -2.25. The van der Waals surface area contributed by atoms with Crippen LogP contribution in [0.4, 0.5) is 0 Å². The van der Waals surface area contributed by atoms with Crippen LogP contribution in [0.5, 0.6) is 5.75 Å². The largest absolute Gasteiger partial charge is 0.454 e. The Bertz CT molecular complexity index is 818. The first-order valence-corrected chi connectivity index (χ1v) is 9.18. The molecule has 0 radical (unpaired) electrons. The Morgan fingerprint density at radius 2 is 1.85 bits per heavy atom. The second kappa shape index (κ2) is 10.2. The van der Waals surface area contributed by atoms with Crippen molar-refractivity contribution in [1.82, 2.24) is 0 Å². The highest BCUT2D eigenvalue weighted by molar-refractivity contribution is 5.87. The number of nitrogens with zero attached hydrogens (tertiary/aromatic N) is 1. The number of hydrogen-bond donors (Lipinski definition) is 0. The fourth-order valence-corrected chi connectivity index (χ4v) is 2.60. The van der Waals surface area contributed by atoms with Gasteiger partial charge >= 0.3 is 5.97 Å². The molecule has 0 N–H and O–H groups in total. The zero-order valence-corrected chi connectivity index (χ0v) is 15.9. The maximum absolute atomic E-state index is 12.0. The highest BCUT2D eigenvalue weighted by Crippen LogP contribution is 2.31. The number of carbonyl (C=O) groups excluding carboxylic acids is 1. The second-order valence-corrected chi connectivity index (χ2v) is 6.41. The van der Waals surface area contributed by atoms with Gasteiger partial charge in [0, 0.05) is 17.6 Å². The van der Waals surface area contributed by atoms with Crippen LogP contribution in [-0.4, -0.2) is 12.3 Å². The molecule has 0 aliphatic heterocycles. The molecule has 0 aromatic heterocycles. The Kier molecular flexibility index (Phi) is 7.63. The van der Waals surface area contributed by atoms with E-state index in [1.54, 1.807) is 19.1 Å². The van der Waals surface area contributed by atoms with Crippen molar-refractivity contribution in [3.8, 4) is 22.9 Å². The minimum atomic E-state index is -0.666. The third kappa shape index (κ3) is 6.00. The molecule has 2 rings (SSSR count). The molecule has 0 saturated heterocycles. The molecule has 0 spiro atoms. The summed E-state index contributed by atoms with van der Waals surface area (Å²) in [5, 5.41) is 8.97. The van der Waals surface area contributed by atoms with Gasteiger partial charge in [-0.25, -0.2) is 4.79 Å². The van der Waals surface area contributed by atoms with Gasteiger partial charge in [-0.3, -0.25) is 0 Å². The molecule has 2 aromatic rings. The zero-order chi connectivity index (χ0) is 19.6. The molecule has 0 aliphatic rings. The van der Waals surface area contributed by atoms with Gasteiger partial charge in [-0.2, -0.15) is 5.26 Å². The van der Waals surface area contributed by atoms with Gasteiger partial charge < -0.3 is 9.47 Å². The van der Waals surface area contributed by atoms with Gasteiger partial charge in [0.2, 0.25) is 6.29 Å². The summed E-state index contributed by atoms with van der Waals surface area (Å²) < 4.78 is 11.6. The standard InChI is InChI=1S/C23H25NO3/c1-4-5-6-11-22(27-23(25)17(2)3)26-21-10-8-7-9-20(21)19-14-12-18(16-24)13-15-19/h7-10,12-15,22H,2,4-6,11H2,1,3H3. The van der Waals surface area contributed by atoms with E-state index in [1.165, 1.54) is 0 Å². The molecule has 4 heteroatoms. The summed E-state index contributed by atoms with van der Waals surface area (Å²) in [6, 6.07) is 17.0. The van der Waals surface area contributed by atoms with E-state index in [1.807, 2.05) is 36.4 Å². The van der Waals surface area contributed by atoms with E-state index in [2.05, 4.69) is 19.6 Å². The maximum Gasteiger partial charge on any atom is 0.336 e. The molecule has 0 bridgehead atoms. The fourth-order valence-electron chi connectivity index (χ4n) is 2.60. The van der Waals surface area contributed by atoms with Crippen molar-refractivity contribution in [2.24, 2.45) is 0 Å². The van der Waals surface area contributed by atoms with Gasteiger partial charge in [0.15, 0.2) is 0 Å². The van der Waals surface area contributed by atoms with Crippen LogP contribution < -0.4 is 4.74 Å². The van der Waals surface area contributed by atoms with Gasteiger partial charge in [0.25, 0.3) is 0 Å². The van der Waals surface area contributed by atoms with Gasteiger partial charge in [-0.1, -0.05) is 56.7 Å². The van der Waals surface area contributed by atoms with Gasteiger partial charge in [-0.15, -0.1) is 0 Å². The monoisotopic (exact) mass is 363 g/mol. The zero-order valence-electron chi connectivity index (χ0n) is 15.9. The summed E-state index contributed by atoms with van der Waals surface area (Å²) in [5.41, 5.74) is 2.77. The topological polar surface area (TPSA) is 59.3 Å². The van der Waals surface area contributed by atoms with Crippen molar-refractivity contribution in [1.29, 1.82) is 5.26 Å². The van der Waals surface area contributed by atoms with Crippen molar-refractivity contribution >= 4 is 5.97 Å². The number of carbonyl (C=O) groups is 1. The third-order valence-corrected chi connectivity index (χ3v) is 4.10. The average Bonchev–Trinajstić information content (AvgIpc) is 2.68. The normalized spacial score (nSPS) is 11.3. The molecule has 2 aromatic carbocycles. The Hall–Kier alpha value is -3.06. The van der Waals surface area contributed by atoms with E-state index in [0.717, 1.165) is 30.4 Å². The van der Waals surface area contributed by atoms with E-state index < -0.39 is 12.3 Å². The molecule has 0 heterocycles. The smallest absolute Gasteiger partial charge is 0.336 e. The summed E-state index contributed by atoms with van der Waals surface area (Å²) >= 11 is 0. The van der Waals surface area contributed by atoms with E-state index >= 15 is 0 Å². The summed E-state index contributed by atoms with van der Waals surface area (Å²) in [7, 11) is 0. The van der Waals surface area contributed by atoms with Crippen molar-refractivity contribution < 1.29 is 14.3 Å². The van der Waals surface area contributed by atoms with Gasteiger partial charge in [0.05, 0.1) is 11.6 Å². The first-order chi connectivity index (χ1) is 13.0. The molecule has 0 amide bonds. The molecule has 140 valence electrons. The Morgan fingerprint density at radius 3 is 2.48 bits per heavy atom. The van der Waals surface area contributed by atoms with Crippen LogP contribution in [0, 0.1) is 11.3 Å². The Morgan fingerprint density at radius 1 is 1.15 bits per heavy atom. The van der Waals surface area contributed by atoms with Crippen LogP contribution in [0.3, 0.4) is 0 Å². The Balaban J connectivity index is 2.24. The summed E-state index contributed by atoms with van der Waals surface area (Å²) in [6.45, 7) is 7.38. The molecule has 0 aliphatic carbocycles. The van der Waals surface area contributed by atoms with E-state index in [9.17, 15) is 4.79 Å². The van der Waals surface area contributed by atoms with Crippen LogP contribution in [0.2, 0.25) is 0 Å². The molecule has 4 nitrogen and oxygen atoms in total. The highest BCUT2D eigenvalue weighted by atomic mass is 16.7. The quantitative estimate of drug-likeness (QED) is 0.251. The molecule has 0 saturated carbocycles. The van der Waals surface area contributed by atoms with Gasteiger partial charge in [-0.05, 0) is 37.1 Å². The number of benzene rings is 2. The number of unbranched alkanes of at least 4 members (excludes halogenated alkanes) is 2. The van der Waals surface area contributed by atoms with Crippen LogP contribution in [0.15, 0.2) is 60.7 Å². The summed E-state index contributed by atoms with van der Waals surface area (Å²) in [5.74, 6) is 0.186. The Labute approximate surface area is 161 Å². The van der Waals surface area contributed by atoms with E-state index in [0.29, 0.717) is 23.3 Å². The van der Waals surface area contributed by atoms with Crippen molar-refractivity contribution in [2.75, 3.05) is 0 Å². The number of ether oxygens (including phenoxy) is 2. The lowest BCUT2D eigenvalue weighted by atomic mass is 10.0. The maximum atomic E-state index is 12.0. The number of hydrogen-bond acceptors (Lipinski definition) is 4. The number of esters is 1. The predicted octanol–water partition coefficient (Wildman–Crippen LogP) is 5.63. The second-order valence-electron chi connectivity index (χ2n) is 6.41. The number of para-hydroxylation sites is 1. The lowest BCUT2D eigenvalue weighted by Gasteiger charge is -2.21. The number of rotatable bonds is 9. The summed E-state index contributed by atoms with van der Waals surface area (Å²) in [6.07, 6.45) is 2.98. The van der Waals surface area contributed by atoms with Crippen LogP contribution in [0.1, 0.15) is 45.1 Å². The van der Waals surface area contributed by atoms with Crippen molar-refractivity contribution in [2.45, 2.75) is 45.8 Å². The first kappa shape index (κ1) is 20.3. The van der Waals surface area contributed by atoms with E-state index in [-0.39, 0.29) is 0 Å². The first-order valence-electron chi connectivity index (χ1n) is 9.18. The van der Waals surface area contributed by atoms with Crippen LogP contribution in [0.25, 0.3) is 11.1 Å². The van der Waals surface area contributed by atoms with Crippen LogP contribution >= 0.6 is 0 Å². The molecule has 0 fully saturated rings. The molecular formula is C23H25NO3.